The molecule has 0 fully saturated rings. The fourth-order valence-corrected chi connectivity index (χ4v) is 2.47. The molecule has 1 aromatic heterocycles. The Bertz CT molecular complexity index is 774. The number of carbonyl (C=O) groups is 1. The van der Waals surface area contributed by atoms with Gasteiger partial charge in [-0.1, -0.05) is 30.3 Å². The van der Waals surface area contributed by atoms with Crippen molar-refractivity contribution >= 4 is 27.6 Å². The van der Waals surface area contributed by atoms with Gasteiger partial charge in [-0.05, 0) is 16.8 Å². The maximum absolute atomic E-state index is 11.9. The SMILES string of the molecule is CN(C)NC(=O)Cc1coc2ccc3ccccc3c12. The van der Waals surface area contributed by atoms with Crippen molar-refractivity contribution < 1.29 is 9.21 Å². The maximum Gasteiger partial charge on any atom is 0.238 e. The molecule has 0 spiro atoms. The molecule has 3 rings (SSSR count). The number of nitrogens with one attached hydrogen (secondary N) is 1. The summed E-state index contributed by atoms with van der Waals surface area (Å²) in [4.78, 5) is 11.9. The Balaban J connectivity index is 2.07. The number of rotatable bonds is 3. The van der Waals surface area contributed by atoms with Gasteiger partial charge in [0.15, 0.2) is 0 Å². The molecule has 3 aromatic rings. The summed E-state index contributed by atoms with van der Waals surface area (Å²) in [6.45, 7) is 0. The lowest BCUT2D eigenvalue weighted by Crippen LogP contribution is -2.37. The summed E-state index contributed by atoms with van der Waals surface area (Å²) in [7, 11) is 3.58. The zero-order chi connectivity index (χ0) is 14.1. The fraction of sp³-hybridized carbons (Fsp3) is 0.188. The van der Waals surface area contributed by atoms with E-state index in [-0.39, 0.29) is 5.91 Å². The highest BCUT2D eigenvalue weighted by Crippen LogP contribution is 2.29. The van der Waals surface area contributed by atoms with Gasteiger partial charge in [-0.25, -0.2) is 5.01 Å². The first-order chi connectivity index (χ1) is 9.65. The molecule has 1 N–H and O–H groups in total. The number of benzene rings is 2. The average molecular weight is 268 g/mol. The number of hydrazine groups is 1. The number of amides is 1. The molecule has 20 heavy (non-hydrogen) atoms. The lowest BCUT2D eigenvalue weighted by molar-refractivity contribution is -0.124. The minimum absolute atomic E-state index is 0.0503. The molecule has 0 aliphatic heterocycles. The third-order valence-corrected chi connectivity index (χ3v) is 3.24. The van der Waals surface area contributed by atoms with Crippen molar-refractivity contribution in [3.63, 3.8) is 0 Å². The van der Waals surface area contributed by atoms with Crippen LogP contribution in [0, 0.1) is 0 Å². The Hall–Kier alpha value is -2.33. The Morgan fingerprint density at radius 1 is 1.20 bits per heavy atom. The highest BCUT2D eigenvalue weighted by molar-refractivity contribution is 6.08. The quantitative estimate of drug-likeness (QED) is 0.743. The van der Waals surface area contributed by atoms with Gasteiger partial charge in [-0.15, -0.1) is 0 Å². The van der Waals surface area contributed by atoms with E-state index in [2.05, 4.69) is 17.6 Å². The molecule has 1 heterocycles. The van der Waals surface area contributed by atoms with Crippen LogP contribution in [0.25, 0.3) is 21.7 Å². The van der Waals surface area contributed by atoms with Crippen LogP contribution in [0.15, 0.2) is 47.1 Å². The second-order valence-electron chi connectivity index (χ2n) is 5.03. The minimum Gasteiger partial charge on any atom is -0.464 e. The molecular formula is C16H16N2O2. The monoisotopic (exact) mass is 268 g/mol. The van der Waals surface area contributed by atoms with E-state index in [0.29, 0.717) is 6.42 Å². The third kappa shape index (κ3) is 2.26. The largest absolute Gasteiger partial charge is 0.464 e. The summed E-state index contributed by atoms with van der Waals surface area (Å²) >= 11 is 0. The van der Waals surface area contributed by atoms with Gasteiger partial charge in [0.05, 0.1) is 12.7 Å². The highest BCUT2D eigenvalue weighted by Gasteiger charge is 2.13. The van der Waals surface area contributed by atoms with E-state index in [4.69, 9.17) is 4.42 Å². The molecule has 0 radical (unpaired) electrons. The molecule has 2 aromatic carbocycles. The normalized spacial score (nSPS) is 11.3. The molecule has 0 saturated heterocycles. The average Bonchev–Trinajstić information content (AvgIpc) is 2.81. The summed E-state index contributed by atoms with van der Waals surface area (Å²) in [5, 5.41) is 4.93. The number of carbonyl (C=O) groups excluding carboxylic acids is 1. The number of hydrogen-bond acceptors (Lipinski definition) is 3. The number of nitrogens with zero attached hydrogens (tertiary/aromatic N) is 1. The van der Waals surface area contributed by atoms with Gasteiger partial charge in [0.1, 0.15) is 5.58 Å². The zero-order valence-corrected chi connectivity index (χ0v) is 11.5. The van der Waals surface area contributed by atoms with Gasteiger partial charge in [-0.3, -0.25) is 10.2 Å². The van der Waals surface area contributed by atoms with E-state index >= 15 is 0 Å². The molecule has 0 unspecified atom stereocenters. The summed E-state index contributed by atoms with van der Waals surface area (Å²) in [5.74, 6) is -0.0503. The summed E-state index contributed by atoms with van der Waals surface area (Å²) in [5.41, 5.74) is 4.48. The van der Waals surface area contributed by atoms with Crippen LogP contribution in [0.4, 0.5) is 0 Å². The van der Waals surface area contributed by atoms with Crippen molar-refractivity contribution in [1.29, 1.82) is 0 Å². The maximum atomic E-state index is 11.9. The van der Waals surface area contributed by atoms with Gasteiger partial charge in [0.25, 0.3) is 0 Å². The first kappa shape index (κ1) is 12.7. The van der Waals surface area contributed by atoms with Crippen molar-refractivity contribution in [3.05, 3.63) is 48.2 Å². The minimum atomic E-state index is -0.0503. The fourth-order valence-electron chi connectivity index (χ4n) is 2.47. The van der Waals surface area contributed by atoms with Gasteiger partial charge >= 0.3 is 0 Å². The first-order valence-electron chi connectivity index (χ1n) is 6.50. The second-order valence-corrected chi connectivity index (χ2v) is 5.03. The molecule has 0 saturated carbocycles. The Morgan fingerprint density at radius 3 is 2.80 bits per heavy atom. The number of fused-ring (bicyclic) bond motifs is 3. The van der Waals surface area contributed by atoms with Crippen LogP contribution in [-0.4, -0.2) is 25.0 Å². The Labute approximate surface area is 116 Å². The summed E-state index contributed by atoms with van der Waals surface area (Å²) in [6, 6.07) is 12.1. The van der Waals surface area contributed by atoms with E-state index in [1.54, 1.807) is 25.4 Å². The molecule has 4 nitrogen and oxygen atoms in total. The van der Waals surface area contributed by atoms with Crippen LogP contribution in [0.1, 0.15) is 5.56 Å². The third-order valence-electron chi connectivity index (χ3n) is 3.24. The molecule has 1 amide bonds. The molecule has 0 bridgehead atoms. The topological polar surface area (TPSA) is 45.5 Å². The van der Waals surface area contributed by atoms with E-state index in [1.807, 2.05) is 24.3 Å². The van der Waals surface area contributed by atoms with Crippen LogP contribution in [0.3, 0.4) is 0 Å². The first-order valence-corrected chi connectivity index (χ1v) is 6.50. The van der Waals surface area contributed by atoms with Crippen LogP contribution in [-0.2, 0) is 11.2 Å². The number of furan rings is 1. The van der Waals surface area contributed by atoms with Gasteiger partial charge in [-0.2, -0.15) is 0 Å². The second kappa shape index (κ2) is 4.98. The van der Waals surface area contributed by atoms with Crippen molar-refractivity contribution in [2.24, 2.45) is 0 Å². The van der Waals surface area contributed by atoms with E-state index in [0.717, 1.165) is 27.3 Å². The van der Waals surface area contributed by atoms with E-state index < -0.39 is 0 Å². The van der Waals surface area contributed by atoms with E-state index in [1.165, 1.54) is 0 Å². The van der Waals surface area contributed by atoms with Crippen molar-refractivity contribution in [2.75, 3.05) is 14.1 Å². The smallest absolute Gasteiger partial charge is 0.238 e. The molecule has 0 aliphatic carbocycles. The highest BCUT2D eigenvalue weighted by atomic mass is 16.3. The lowest BCUT2D eigenvalue weighted by Gasteiger charge is -2.11. The van der Waals surface area contributed by atoms with Crippen molar-refractivity contribution in [1.82, 2.24) is 10.4 Å². The van der Waals surface area contributed by atoms with Gasteiger partial charge in [0.2, 0.25) is 5.91 Å². The number of hydrogen-bond donors (Lipinski definition) is 1. The standard InChI is InChI=1S/C16H16N2O2/c1-18(2)17-15(19)9-12-10-20-14-8-7-11-5-3-4-6-13(11)16(12)14/h3-8,10H,9H2,1-2H3,(H,17,19). The molecule has 0 aliphatic rings. The molecule has 102 valence electrons. The van der Waals surface area contributed by atoms with E-state index in [9.17, 15) is 4.79 Å². The Kier molecular flexibility index (Phi) is 3.16. The predicted octanol–water partition coefficient (Wildman–Crippen LogP) is 2.72. The van der Waals surface area contributed by atoms with Crippen molar-refractivity contribution in [3.8, 4) is 0 Å². The van der Waals surface area contributed by atoms with Crippen LogP contribution >= 0.6 is 0 Å². The molecule has 0 atom stereocenters. The lowest BCUT2D eigenvalue weighted by atomic mass is 10.0. The van der Waals surface area contributed by atoms with Crippen LogP contribution in [0.2, 0.25) is 0 Å². The summed E-state index contributed by atoms with van der Waals surface area (Å²) < 4.78 is 5.57. The molecular weight excluding hydrogens is 252 g/mol. The van der Waals surface area contributed by atoms with Gasteiger partial charge < -0.3 is 4.42 Å². The van der Waals surface area contributed by atoms with Gasteiger partial charge in [0, 0.05) is 25.0 Å². The Morgan fingerprint density at radius 2 is 2.00 bits per heavy atom. The van der Waals surface area contributed by atoms with Crippen LogP contribution in [0.5, 0.6) is 0 Å². The van der Waals surface area contributed by atoms with Crippen molar-refractivity contribution in [2.45, 2.75) is 6.42 Å². The molecule has 4 heteroatoms. The van der Waals surface area contributed by atoms with Crippen LogP contribution < -0.4 is 5.43 Å². The zero-order valence-electron chi connectivity index (χ0n) is 11.5. The summed E-state index contributed by atoms with van der Waals surface area (Å²) in [6.07, 6.45) is 1.98. The predicted molar refractivity (Wildman–Crippen MR) is 79.3 cm³/mol.